The molecule has 1 N–H and O–H groups in total. The summed E-state index contributed by atoms with van der Waals surface area (Å²) in [6.07, 6.45) is 12.1. The highest BCUT2D eigenvalue weighted by Gasteiger charge is 2.64. The van der Waals surface area contributed by atoms with Crippen LogP contribution in [-0.2, 0) is 18.9 Å². The molecule has 7 unspecified atom stereocenters. The molecule has 1 heterocycles. The Bertz CT molecular complexity index is 633. The summed E-state index contributed by atoms with van der Waals surface area (Å²) in [4.78, 5) is 0. The van der Waals surface area contributed by atoms with E-state index < -0.39 is 0 Å². The van der Waals surface area contributed by atoms with Gasteiger partial charge in [0.2, 0.25) is 0 Å². The lowest BCUT2D eigenvalue weighted by molar-refractivity contribution is -0.239. The summed E-state index contributed by atoms with van der Waals surface area (Å²) in [6.45, 7) is 7.36. The van der Waals surface area contributed by atoms with Gasteiger partial charge in [0.15, 0.2) is 5.79 Å². The predicted molar refractivity (Wildman–Crippen MR) is 118 cm³/mol. The molecule has 1 saturated heterocycles. The van der Waals surface area contributed by atoms with Crippen LogP contribution in [0.4, 0.5) is 0 Å². The third kappa shape index (κ3) is 3.62. The zero-order valence-electron chi connectivity index (χ0n) is 19.9. The maximum absolute atomic E-state index is 9.65. The Hall–Kier alpha value is -0.200. The zero-order chi connectivity index (χ0) is 21.7. The lowest BCUT2D eigenvalue weighted by Gasteiger charge is -2.64. The molecule has 1 spiro atoms. The van der Waals surface area contributed by atoms with E-state index in [-0.39, 0.29) is 11.2 Å². The minimum atomic E-state index is -0.297. The fourth-order valence-electron chi connectivity index (χ4n) is 9.16. The van der Waals surface area contributed by atoms with Gasteiger partial charge in [-0.05, 0) is 91.8 Å². The number of methoxy groups -OCH3 is 1. The molecule has 4 saturated carbocycles. The van der Waals surface area contributed by atoms with Crippen molar-refractivity contribution in [1.29, 1.82) is 0 Å². The highest BCUT2D eigenvalue weighted by atomic mass is 16.7. The van der Waals surface area contributed by atoms with E-state index in [9.17, 15) is 5.11 Å². The van der Waals surface area contributed by atoms with Crippen molar-refractivity contribution in [2.24, 2.45) is 40.4 Å². The third-order valence-electron chi connectivity index (χ3n) is 10.7. The lowest BCUT2D eigenvalue weighted by Crippen LogP contribution is -2.59. The number of aliphatic hydroxyl groups excluding tert-OH is 1. The smallest absolute Gasteiger partial charge is 0.168 e. The van der Waals surface area contributed by atoms with Gasteiger partial charge in [-0.1, -0.05) is 13.8 Å². The summed E-state index contributed by atoms with van der Waals surface area (Å²) in [5, 5.41) is 9.65. The second kappa shape index (κ2) is 8.54. The Morgan fingerprint density at radius 3 is 2.48 bits per heavy atom. The minimum absolute atomic E-state index is 0.272. The molecule has 0 aromatic rings. The molecule has 5 fully saturated rings. The first-order chi connectivity index (χ1) is 15.0. The molecule has 8 atom stereocenters. The summed E-state index contributed by atoms with van der Waals surface area (Å²) in [5.74, 6) is 3.38. The molecule has 5 rings (SSSR count). The van der Waals surface area contributed by atoms with Crippen molar-refractivity contribution in [3.63, 3.8) is 0 Å². The van der Waals surface area contributed by atoms with Crippen molar-refractivity contribution in [1.82, 2.24) is 0 Å². The van der Waals surface area contributed by atoms with E-state index in [1.54, 1.807) is 7.11 Å². The van der Waals surface area contributed by atoms with Crippen LogP contribution >= 0.6 is 0 Å². The quantitative estimate of drug-likeness (QED) is 0.609. The lowest BCUT2D eigenvalue weighted by atomic mass is 9.42. The molecule has 5 nitrogen and oxygen atoms in total. The number of hydrogen-bond donors (Lipinski definition) is 1. The van der Waals surface area contributed by atoms with Gasteiger partial charge in [0.1, 0.15) is 6.79 Å². The van der Waals surface area contributed by atoms with Crippen molar-refractivity contribution in [2.75, 3.05) is 33.7 Å². The average Bonchev–Trinajstić information content (AvgIpc) is 3.35. The van der Waals surface area contributed by atoms with Gasteiger partial charge in [-0.25, -0.2) is 0 Å². The van der Waals surface area contributed by atoms with E-state index in [2.05, 4.69) is 13.8 Å². The Balaban J connectivity index is 1.42. The van der Waals surface area contributed by atoms with E-state index in [4.69, 9.17) is 18.9 Å². The van der Waals surface area contributed by atoms with Gasteiger partial charge in [0.05, 0.1) is 19.3 Å². The zero-order valence-corrected chi connectivity index (χ0v) is 19.9. The third-order valence-corrected chi connectivity index (χ3v) is 10.7. The number of ether oxygens (including phenoxy) is 4. The van der Waals surface area contributed by atoms with Crippen molar-refractivity contribution < 1.29 is 24.1 Å². The minimum Gasteiger partial charge on any atom is -0.396 e. The molecule has 31 heavy (non-hydrogen) atoms. The maximum atomic E-state index is 9.65. The topological polar surface area (TPSA) is 57.2 Å². The highest BCUT2D eigenvalue weighted by molar-refractivity contribution is 5.12. The second-order valence-electron chi connectivity index (χ2n) is 11.9. The number of hydrogen-bond acceptors (Lipinski definition) is 5. The number of rotatable bonds is 6. The molecule has 0 amide bonds. The molecule has 0 bridgehead atoms. The van der Waals surface area contributed by atoms with Crippen LogP contribution in [0.15, 0.2) is 0 Å². The predicted octanol–water partition coefficient (Wildman–Crippen LogP) is 4.76. The van der Waals surface area contributed by atoms with E-state index >= 15 is 0 Å². The van der Waals surface area contributed by atoms with Crippen LogP contribution in [-0.4, -0.2) is 50.7 Å². The molecule has 0 radical (unpaired) electrons. The van der Waals surface area contributed by atoms with Gasteiger partial charge in [0.25, 0.3) is 0 Å². The van der Waals surface area contributed by atoms with E-state index in [1.165, 1.54) is 38.5 Å². The molecule has 4 aliphatic carbocycles. The fraction of sp³-hybridized carbons (Fsp3) is 1.00. The van der Waals surface area contributed by atoms with Crippen molar-refractivity contribution in [3.05, 3.63) is 0 Å². The monoisotopic (exact) mass is 436 g/mol. The standard InChI is InChI=1S/C26H44O5/c1-24-10-11-26(30-13-14-31-26)16-19(24)15-18(5-4-12-27)23-20-6-7-22(29-17-28-3)25(20,2)9-8-21(23)24/h18-23,27H,4-17H2,1-3H3/t18-,19?,20?,21?,22?,23?,24?,25?/m1/s1. The molecule has 0 aromatic heterocycles. The Morgan fingerprint density at radius 2 is 1.74 bits per heavy atom. The first kappa shape index (κ1) is 22.6. The van der Waals surface area contributed by atoms with Crippen LogP contribution in [0.2, 0.25) is 0 Å². The van der Waals surface area contributed by atoms with Crippen LogP contribution in [0.3, 0.4) is 0 Å². The van der Waals surface area contributed by atoms with Crippen molar-refractivity contribution in [2.45, 2.75) is 89.9 Å². The maximum Gasteiger partial charge on any atom is 0.168 e. The van der Waals surface area contributed by atoms with Crippen LogP contribution in [0, 0.1) is 40.4 Å². The van der Waals surface area contributed by atoms with Crippen LogP contribution in [0.1, 0.15) is 78.1 Å². The van der Waals surface area contributed by atoms with E-state index in [0.717, 1.165) is 56.7 Å². The second-order valence-corrected chi connectivity index (χ2v) is 11.9. The summed E-state index contributed by atoms with van der Waals surface area (Å²) < 4.78 is 23.8. The Labute approximate surface area is 188 Å². The van der Waals surface area contributed by atoms with Crippen LogP contribution in [0.25, 0.3) is 0 Å². The van der Waals surface area contributed by atoms with Crippen LogP contribution in [0.5, 0.6) is 0 Å². The van der Waals surface area contributed by atoms with Crippen molar-refractivity contribution >= 4 is 0 Å². The number of aliphatic hydroxyl groups is 1. The molecule has 0 aromatic carbocycles. The van der Waals surface area contributed by atoms with Gasteiger partial charge in [-0.3, -0.25) is 0 Å². The first-order valence-electron chi connectivity index (χ1n) is 12.9. The molecular formula is C26H44O5. The fourth-order valence-corrected chi connectivity index (χ4v) is 9.16. The van der Waals surface area contributed by atoms with Crippen LogP contribution < -0.4 is 0 Å². The molecule has 5 aliphatic rings. The molecule has 178 valence electrons. The van der Waals surface area contributed by atoms with Gasteiger partial charge in [0, 0.05) is 26.6 Å². The van der Waals surface area contributed by atoms with Gasteiger partial charge < -0.3 is 24.1 Å². The van der Waals surface area contributed by atoms with Gasteiger partial charge in [-0.15, -0.1) is 0 Å². The Morgan fingerprint density at radius 1 is 0.968 bits per heavy atom. The normalized spacial score (nSPS) is 48.4. The van der Waals surface area contributed by atoms with E-state index in [0.29, 0.717) is 36.8 Å². The Kier molecular flexibility index (Phi) is 6.22. The summed E-state index contributed by atoms with van der Waals surface area (Å²) in [5.41, 5.74) is 0.668. The highest BCUT2D eigenvalue weighted by Crippen LogP contribution is 2.69. The SMILES string of the molecule is COCOC1CCC2C3C(CCC12C)C1(C)CCC2(CC1C[C@H]3CCCO)OCCO2. The summed E-state index contributed by atoms with van der Waals surface area (Å²) in [7, 11) is 1.73. The van der Waals surface area contributed by atoms with Crippen molar-refractivity contribution in [3.8, 4) is 0 Å². The largest absolute Gasteiger partial charge is 0.396 e. The van der Waals surface area contributed by atoms with E-state index in [1.807, 2.05) is 0 Å². The molecule has 5 heteroatoms. The number of fused-ring (bicyclic) bond motifs is 5. The first-order valence-corrected chi connectivity index (χ1v) is 12.9. The van der Waals surface area contributed by atoms with Gasteiger partial charge >= 0.3 is 0 Å². The summed E-state index contributed by atoms with van der Waals surface area (Å²) >= 11 is 0. The molecular weight excluding hydrogens is 392 g/mol. The summed E-state index contributed by atoms with van der Waals surface area (Å²) in [6, 6.07) is 0. The average molecular weight is 437 g/mol. The molecule has 1 aliphatic heterocycles. The van der Waals surface area contributed by atoms with Gasteiger partial charge in [-0.2, -0.15) is 0 Å².